The number of anilines is 1. The number of amides is 1. The van der Waals surface area contributed by atoms with E-state index in [4.69, 9.17) is 4.74 Å². The summed E-state index contributed by atoms with van der Waals surface area (Å²) in [5, 5.41) is 3.08. The Morgan fingerprint density at radius 2 is 2.05 bits per heavy atom. The van der Waals surface area contributed by atoms with E-state index < -0.39 is 11.8 Å². The lowest BCUT2D eigenvalue weighted by Crippen LogP contribution is -2.25. The number of ether oxygens (including phenoxy) is 1. The minimum atomic E-state index is -0.649. The molecule has 0 bridgehead atoms. The molecule has 1 amide bonds. The third-order valence-corrected chi connectivity index (χ3v) is 3.00. The Hall–Kier alpha value is -2.15. The maximum atomic E-state index is 11.6. The summed E-state index contributed by atoms with van der Waals surface area (Å²) < 4.78 is 6.48. The van der Waals surface area contributed by atoms with Gasteiger partial charge < -0.3 is 4.74 Å². The molecule has 0 atom stereocenters. The molecule has 21 heavy (non-hydrogen) atoms. The lowest BCUT2D eigenvalue weighted by Gasteiger charge is -2.07. The normalized spacial score (nSPS) is 10.1. The Morgan fingerprint density at radius 3 is 2.71 bits per heavy atom. The number of nitrogens with one attached hydrogen (secondary N) is 1. The zero-order valence-electron chi connectivity index (χ0n) is 11.2. The number of carbonyl (C=O) groups excluding carboxylic acids is 1. The van der Waals surface area contributed by atoms with Gasteiger partial charge in [-0.25, -0.2) is 9.59 Å². The summed E-state index contributed by atoms with van der Waals surface area (Å²) in [6.45, 7) is 0.678. The number of benzene rings is 1. The first kappa shape index (κ1) is 15.2. The predicted molar refractivity (Wildman–Crippen MR) is 82.5 cm³/mol. The SMILES string of the molecule is O=C(Nc1ccn(CCBr)c(=O)n1)OCc1ccccc1. The smallest absolute Gasteiger partial charge is 0.413 e. The van der Waals surface area contributed by atoms with Crippen LogP contribution in [-0.2, 0) is 17.9 Å². The van der Waals surface area contributed by atoms with E-state index in [2.05, 4.69) is 26.2 Å². The highest BCUT2D eigenvalue weighted by Crippen LogP contribution is 2.03. The first-order chi connectivity index (χ1) is 10.2. The van der Waals surface area contributed by atoms with Crippen LogP contribution in [0.4, 0.5) is 10.6 Å². The molecule has 7 heteroatoms. The van der Waals surface area contributed by atoms with Gasteiger partial charge in [0.2, 0.25) is 0 Å². The van der Waals surface area contributed by atoms with Crippen LogP contribution in [0.25, 0.3) is 0 Å². The number of alkyl halides is 1. The second-order valence-electron chi connectivity index (χ2n) is 4.16. The number of rotatable bonds is 5. The van der Waals surface area contributed by atoms with Crippen LogP contribution in [0.3, 0.4) is 0 Å². The third kappa shape index (κ3) is 4.71. The van der Waals surface area contributed by atoms with Crippen molar-refractivity contribution in [3.8, 4) is 0 Å². The van der Waals surface area contributed by atoms with Gasteiger partial charge in [-0.2, -0.15) is 4.98 Å². The fourth-order valence-electron chi connectivity index (χ4n) is 1.62. The fraction of sp³-hybridized carbons (Fsp3) is 0.214. The number of nitrogens with zero attached hydrogens (tertiary/aromatic N) is 2. The lowest BCUT2D eigenvalue weighted by atomic mass is 10.2. The van der Waals surface area contributed by atoms with Crippen LogP contribution in [0.2, 0.25) is 0 Å². The average molecular weight is 352 g/mol. The van der Waals surface area contributed by atoms with Crippen molar-refractivity contribution in [2.75, 3.05) is 10.6 Å². The van der Waals surface area contributed by atoms with E-state index in [1.165, 1.54) is 4.57 Å². The highest BCUT2D eigenvalue weighted by atomic mass is 79.9. The molecule has 2 rings (SSSR count). The van der Waals surface area contributed by atoms with E-state index in [1.54, 1.807) is 12.3 Å². The molecular formula is C14H14BrN3O3. The van der Waals surface area contributed by atoms with Crippen LogP contribution in [-0.4, -0.2) is 21.0 Å². The van der Waals surface area contributed by atoms with Gasteiger partial charge in [-0.05, 0) is 11.6 Å². The van der Waals surface area contributed by atoms with Crippen molar-refractivity contribution >= 4 is 27.8 Å². The zero-order valence-corrected chi connectivity index (χ0v) is 12.7. The first-order valence-corrected chi connectivity index (χ1v) is 7.42. The molecule has 110 valence electrons. The van der Waals surface area contributed by atoms with Gasteiger partial charge in [0.05, 0.1) is 0 Å². The Bertz CT molecular complexity index is 658. The number of carbonyl (C=O) groups is 1. The standard InChI is InChI=1S/C14H14BrN3O3/c15-7-9-18-8-6-12(16-13(18)19)17-14(20)21-10-11-4-2-1-3-5-11/h1-6,8H,7,9-10H2,(H,16,17,19,20). The summed E-state index contributed by atoms with van der Waals surface area (Å²) in [6, 6.07) is 10.9. The minimum Gasteiger partial charge on any atom is -0.444 e. The molecule has 1 aromatic heterocycles. The molecule has 0 radical (unpaired) electrons. The van der Waals surface area contributed by atoms with E-state index >= 15 is 0 Å². The second kappa shape index (κ2) is 7.58. The number of aromatic nitrogens is 2. The van der Waals surface area contributed by atoms with E-state index in [0.29, 0.717) is 11.9 Å². The molecule has 0 spiro atoms. The minimum absolute atomic E-state index is 0.160. The Kier molecular flexibility index (Phi) is 5.51. The summed E-state index contributed by atoms with van der Waals surface area (Å²) in [5.74, 6) is 0.170. The summed E-state index contributed by atoms with van der Waals surface area (Å²) in [7, 11) is 0. The molecule has 0 saturated heterocycles. The molecule has 0 saturated carbocycles. The predicted octanol–water partition coefficient (Wildman–Crippen LogP) is 2.39. The molecule has 1 aromatic carbocycles. The first-order valence-electron chi connectivity index (χ1n) is 6.30. The van der Waals surface area contributed by atoms with E-state index in [-0.39, 0.29) is 12.4 Å². The van der Waals surface area contributed by atoms with Gasteiger partial charge in [0.15, 0.2) is 0 Å². The highest BCUT2D eigenvalue weighted by molar-refractivity contribution is 9.09. The molecule has 2 aromatic rings. The maximum Gasteiger partial charge on any atom is 0.413 e. The van der Waals surface area contributed by atoms with Gasteiger partial charge in [0, 0.05) is 18.1 Å². The quantitative estimate of drug-likeness (QED) is 0.839. The number of hydrogen-bond acceptors (Lipinski definition) is 4. The molecule has 1 heterocycles. The van der Waals surface area contributed by atoms with Crippen LogP contribution >= 0.6 is 15.9 Å². The monoisotopic (exact) mass is 351 g/mol. The maximum absolute atomic E-state index is 11.6. The van der Waals surface area contributed by atoms with Crippen molar-refractivity contribution in [2.24, 2.45) is 0 Å². The van der Waals surface area contributed by atoms with Gasteiger partial charge in [-0.1, -0.05) is 46.3 Å². The molecule has 0 unspecified atom stereocenters. The van der Waals surface area contributed by atoms with Crippen LogP contribution in [0.1, 0.15) is 5.56 Å². The van der Waals surface area contributed by atoms with Gasteiger partial charge >= 0.3 is 11.8 Å². The van der Waals surface area contributed by atoms with Gasteiger partial charge in [-0.3, -0.25) is 9.88 Å². The Balaban J connectivity index is 1.91. The molecule has 0 aliphatic rings. The van der Waals surface area contributed by atoms with Gasteiger partial charge in [-0.15, -0.1) is 0 Å². The van der Waals surface area contributed by atoms with E-state index in [1.807, 2.05) is 30.3 Å². The third-order valence-electron chi connectivity index (χ3n) is 2.64. The average Bonchev–Trinajstić information content (AvgIpc) is 2.49. The Labute approximate surface area is 129 Å². The zero-order chi connectivity index (χ0) is 15.1. The number of halogens is 1. The van der Waals surface area contributed by atoms with Crippen molar-refractivity contribution in [1.29, 1.82) is 0 Å². The molecular weight excluding hydrogens is 338 g/mol. The largest absolute Gasteiger partial charge is 0.444 e. The van der Waals surface area contributed by atoms with Crippen LogP contribution < -0.4 is 11.0 Å². The molecule has 0 fully saturated rings. The topological polar surface area (TPSA) is 73.2 Å². The van der Waals surface area contributed by atoms with E-state index in [9.17, 15) is 9.59 Å². The summed E-state index contributed by atoms with van der Waals surface area (Å²) in [6.07, 6.45) is 0.924. The fourth-order valence-corrected chi connectivity index (χ4v) is 2.01. The second-order valence-corrected chi connectivity index (χ2v) is 4.96. The van der Waals surface area contributed by atoms with Crippen LogP contribution in [0, 0.1) is 0 Å². The molecule has 6 nitrogen and oxygen atoms in total. The summed E-state index contributed by atoms with van der Waals surface area (Å²) in [4.78, 5) is 27.0. The van der Waals surface area contributed by atoms with Crippen molar-refractivity contribution in [3.63, 3.8) is 0 Å². The number of hydrogen-bond donors (Lipinski definition) is 1. The van der Waals surface area contributed by atoms with Crippen LogP contribution in [0.15, 0.2) is 47.4 Å². The Morgan fingerprint density at radius 1 is 1.29 bits per heavy atom. The number of aryl methyl sites for hydroxylation is 1. The lowest BCUT2D eigenvalue weighted by molar-refractivity contribution is 0.155. The summed E-state index contributed by atoms with van der Waals surface area (Å²) >= 11 is 3.24. The summed E-state index contributed by atoms with van der Waals surface area (Å²) in [5.41, 5.74) is 0.462. The van der Waals surface area contributed by atoms with Crippen molar-refractivity contribution < 1.29 is 9.53 Å². The highest BCUT2D eigenvalue weighted by Gasteiger charge is 2.06. The van der Waals surface area contributed by atoms with Crippen molar-refractivity contribution in [1.82, 2.24) is 9.55 Å². The molecule has 0 aliphatic carbocycles. The van der Waals surface area contributed by atoms with E-state index in [0.717, 1.165) is 5.56 Å². The van der Waals surface area contributed by atoms with Crippen LogP contribution in [0.5, 0.6) is 0 Å². The van der Waals surface area contributed by atoms with Crippen molar-refractivity contribution in [2.45, 2.75) is 13.2 Å². The molecule has 0 aliphatic heterocycles. The van der Waals surface area contributed by atoms with Crippen molar-refractivity contribution in [3.05, 3.63) is 58.6 Å². The molecule has 1 N–H and O–H groups in total. The van der Waals surface area contributed by atoms with Gasteiger partial charge in [0.25, 0.3) is 0 Å². The van der Waals surface area contributed by atoms with Gasteiger partial charge in [0.1, 0.15) is 12.4 Å².